The summed E-state index contributed by atoms with van der Waals surface area (Å²) < 4.78 is 1.26. The van der Waals surface area contributed by atoms with E-state index in [-0.39, 0.29) is 24.2 Å². The molecule has 2 rings (SSSR count). The Morgan fingerprint density at radius 3 is 2.86 bits per heavy atom. The molecule has 1 aliphatic rings. The normalized spacial score (nSPS) is 15.6. The fraction of sp³-hybridized carbons (Fsp3) is 0.444. The highest BCUT2D eigenvalue weighted by molar-refractivity contribution is 6.09. The second-order valence-corrected chi connectivity index (χ2v) is 3.63. The summed E-state index contributed by atoms with van der Waals surface area (Å²) in [4.78, 5) is 22.5. The van der Waals surface area contributed by atoms with E-state index in [1.807, 2.05) is 13.8 Å². The number of rotatable bonds is 1. The number of hydrogen-bond donors (Lipinski definition) is 1. The molecule has 0 saturated carbocycles. The molecule has 1 amide bonds. The van der Waals surface area contributed by atoms with E-state index in [1.165, 1.54) is 4.68 Å². The lowest BCUT2D eigenvalue weighted by Crippen LogP contribution is -2.30. The number of carbonyl (C=O) groups excluding carboxylic acids is 2. The minimum atomic E-state index is -0.268. The average molecular weight is 193 g/mol. The Labute approximate surface area is 81.1 Å². The number of hydrogen-bond acceptors (Lipinski definition) is 3. The van der Waals surface area contributed by atoms with E-state index in [9.17, 15) is 9.59 Å². The van der Waals surface area contributed by atoms with Crippen LogP contribution in [-0.4, -0.2) is 21.6 Å². The highest BCUT2D eigenvalue weighted by Gasteiger charge is 2.26. The highest BCUT2D eigenvalue weighted by Crippen LogP contribution is 2.26. The van der Waals surface area contributed by atoms with Gasteiger partial charge >= 0.3 is 0 Å². The van der Waals surface area contributed by atoms with Gasteiger partial charge in [-0.05, 0) is 5.92 Å². The Morgan fingerprint density at radius 1 is 1.50 bits per heavy atom. The summed E-state index contributed by atoms with van der Waals surface area (Å²) in [6, 6.07) is 0. The molecule has 0 radical (unpaired) electrons. The summed E-state index contributed by atoms with van der Waals surface area (Å²) in [5.41, 5.74) is 0.895. The first-order chi connectivity index (χ1) is 6.59. The first-order valence-electron chi connectivity index (χ1n) is 4.50. The molecule has 5 nitrogen and oxygen atoms in total. The second kappa shape index (κ2) is 2.94. The summed E-state index contributed by atoms with van der Waals surface area (Å²) in [6.07, 6.45) is 1.51. The molecular weight excluding hydrogens is 182 g/mol. The Kier molecular flexibility index (Phi) is 1.87. The molecule has 14 heavy (non-hydrogen) atoms. The Hall–Kier alpha value is -1.65. The van der Waals surface area contributed by atoms with Gasteiger partial charge in [-0.15, -0.1) is 0 Å². The maximum Gasteiger partial charge on any atom is 0.258 e. The van der Waals surface area contributed by atoms with E-state index in [4.69, 9.17) is 0 Å². The molecule has 0 fully saturated rings. The van der Waals surface area contributed by atoms with Crippen molar-refractivity contribution in [3.63, 3.8) is 0 Å². The molecule has 1 aliphatic heterocycles. The molecule has 0 aliphatic carbocycles. The van der Waals surface area contributed by atoms with Crippen LogP contribution in [0.1, 0.15) is 36.5 Å². The van der Waals surface area contributed by atoms with Crippen molar-refractivity contribution in [3.05, 3.63) is 11.8 Å². The zero-order valence-electron chi connectivity index (χ0n) is 8.07. The van der Waals surface area contributed by atoms with Crippen LogP contribution in [-0.2, 0) is 4.79 Å². The SMILES string of the molecule is CC(C)c1cnn2c1NC(=O)CC2=O. The van der Waals surface area contributed by atoms with Crippen LogP contribution in [0.15, 0.2) is 6.20 Å². The molecule has 0 bridgehead atoms. The first-order valence-corrected chi connectivity index (χ1v) is 4.50. The van der Waals surface area contributed by atoms with E-state index in [2.05, 4.69) is 10.4 Å². The number of fused-ring (bicyclic) bond motifs is 1. The summed E-state index contributed by atoms with van der Waals surface area (Å²) >= 11 is 0. The molecule has 0 unspecified atom stereocenters. The molecule has 74 valence electrons. The molecule has 1 aromatic heterocycles. The number of carbonyl (C=O) groups is 2. The van der Waals surface area contributed by atoms with Crippen molar-refractivity contribution in [1.29, 1.82) is 0 Å². The summed E-state index contributed by atoms with van der Waals surface area (Å²) in [6.45, 7) is 3.98. The Morgan fingerprint density at radius 2 is 2.21 bits per heavy atom. The van der Waals surface area contributed by atoms with Gasteiger partial charge in [0.1, 0.15) is 12.2 Å². The van der Waals surface area contributed by atoms with Crippen LogP contribution in [0.4, 0.5) is 5.82 Å². The zero-order valence-corrected chi connectivity index (χ0v) is 8.07. The number of nitrogens with zero attached hydrogens (tertiary/aromatic N) is 2. The van der Waals surface area contributed by atoms with E-state index in [1.54, 1.807) is 6.20 Å². The lowest BCUT2D eigenvalue weighted by molar-refractivity contribution is -0.115. The van der Waals surface area contributed by atoms with E-state index in [0.29, 0.717) is 5.82 Å². The molecule has 5 heteroatoms. The summed E-state index contributed by atoms with van der Waals surface area (Å²) in [5, 5.41) is 6.61. The third kappa shape index (κ3) is 1.21. The predicted molar refractivity (Wildman–Crippen MR) is 50.2 cm³/mol. The molecular formula is C9H11N3O2. The lowest BCUT2D eigenvalue weighted by atomic mass is 10.1. The van der Waals surface area contributed by atoms with Crippen LogP contribution in [0.5, 0.6) is 0 Å². The van der Waals surface area contributed by atoms with Crippen LogP contribution >= 0.6 is 0 Å². The molecule has 0 spiro atoms. The van der Waals surface area contributed by atoms with Gasteiger partial charge in [0.05, 0.1) is 6.20 Å². The number of nitrogens with one attached hydrogen (secondary N) is 1. The Bertz CT molecular complexity index is 406. The molecule has 1 N–H and O–H groups in total. The average Bonchev–Trinajstić information content (AvgIpc) is 2.47. The maximum absolute atomic E-state index is 11.4. The van der Waals surface area contributed by atoms with E-state index < -0.39 is 0 Å². The van der Waals surface area contributed by atoms with Crippen molar-refractivity contribution in [2.75, 3.05) is 5.32 Å². The van der Waals surface area contributed by atoms with Crippen molar-refractivity contribution in [1.82, 2.24) is 9.78 Å². The first kappa shape index (κ1) is 8.93. The summed E-state index contributed by atoms with van der Waals surface area (Å²) in [5.74, 6) is 0.242. The molecule has 0 saturated heterocycles. The number of amides is 1. The number of anilines is 1. The van der Waals surface area contributed by atoms with Gasteiger partial charge in [-0.3, -0.25) is 9.59 Å². The minimum absolute atomic E-state index is 0.119. The van der Waals surface area contributed by atoms with Crippen LogP contribution in [0.25, 0.3) is 0 Å². The third-order valence-electron chi connectivity index (χ3n) is 2.23. The topological polar surface area (TPSA) is 64.0 Å². The van der Waals surface area contributed by atoms with Crippen LogP contribution < -0.4 is 5.32 Å². The van der Waals surface area contributed by atoms with Crippen LogP contribution in [0, 0.1) is 0 Å². The fourth-order valence-electron chi connectivity index (χ4n) is 1.49. The van der Waals surface area contributed by atoms with Crippen molar-refractivity contribution >= 4 is 17.6 Å². The smallest absolute Gasteiger partial charge is 0.258 e. The van der Waals surface area contributed by atoms with Gasteiger partial charge in [0, 0.05) is 5.56 Å². The van der Waals surface area contributed by atoms with Gasteiger partial charge in [-0.1, -0.05) is 13.8 Å². The monoisotopic (exact) mass is 193 g/mol. The van der Waals surface area contributed by atoms with E-state index >= 15 is 0 Å². The molecule has 1 aromatic rings. The highest BCUT2D eigenvalue weighted by atomic mass is 16.2. The molecule has 0 aromatic carbocycles. The van der Waals surface area contributed by atoms with Gasteiger partial charge in [0.25, 0.3) is 5.91 Å². The standard InChI is InChI=1S/C9H11N3O2/c1-5(2)6-4-10-12-8(14)3-7(13)11-9(6)12/h4-5H,3H2,1-2H3,(H,11,13). The predicted octanol–water partition coefficient (Wildman–Crippen LogP) is 0.989. The van der Waals surface area contributed by atoms with E-state index in [0.717, 1.165) is 5.56 Å². The molecule has 2 heterocycles. The van der Waals surface area contributed by atoms with Gasteiger partial charge in [-0.25, -0.2) is 0 Å². The second-order valence-electron chi connectivity index (χ2n) is 3.63. The van der Waals surface area contributed by atoms with Crippen LogP contribution in [0.3, 0.4) is 0 Å². The van der Waals surface area contributed by atoms with Crippen molar-refractivity contribution in [2.45, 2.75) is 26.2 Å². The minimum Gasteiger partial charge on any atom is -0.310 e. The quantitative estimate of drug-likeness (QED) is 0.676. The van der Waals surface area contributed by atoms with Crippen molar-refractivity contribution in [2.24, 2.45) is 0 Å². The fourth-order valence-corrected chi connectivity index (χ4v) is 1.49. The van der Waals surface area contributed by atoms with Crippen molar-refractivity contribution < 1.29 is 9.59 Å². The Balaban J connectivity index is 2.51. The third-order valence-corrected chi connectivity index (χ3v) is 2.23. The lowest BCUT2D eigenvalue weighted by Gasteiger charge is -2.15. The number of aromatic nitrogens is 2. The van der Waals surface area contributed by atoms with Gasteiger partial charge in [0.2, 0.25) is 5.91 Å². The maximum atomic E-state index is 11.4. The van der Waals surface area contributed by atoms with Gasteiger partial charge in [-0.2, -0.15) is 9.78 Å². The molecule has 0 atom stereocenters. The van der Waals surface area contributed by atoms with Crippen molar-refractivity contribution in [3.8, 4) is 0 Å². The van der Waals surface area contributed by atoms with Gasteiger partial charge in [0.15, 0.2) is 0 Å². The summed E-state index contributed by atoms with van der Waals surface area (Å²) in [7, 11) is 0. The zero-order chi connectivity index (χ0) is 10.3. The van der Waals surface area contributed by atoms with Crippen LogP contribution in [0.2, 0.25) is 0 Å². The van der Waals surface area contributed by atoms with Gasteiger partial charge < -0.3 is 5.32 Å². The largest absolute Gasteiger partial charge is 0.310 e.